The first-order valence-electron chi connectivity index (χ1n) is 6.13. The summed E-state index contributed by atoms with van der Waals surface area (Å²) in [6.45, 7) is 3.85. The molecule has 2 aliphatic rings. The second kappa shape index (κ2) is 4.51. The van der Waals surface area contributed by atoms with Gasteiger partial charge in [0.05, 0.1) is 6.61 Å². The van der Waals surface area contributed by atoms with Gasteiger partial charge in [-0.15, -0.1) is 10.2 Å². The monoisotopic (exact) mass is 222 g/mol. The molecular weight excluding hydrogens is 204 g/mol. The Morgan fingerprint density at radius 2 is 2.44 bits per heavy atom. The molecule has 1 aromatic heterocycles. The maximum atomic E-state index is 5.43. The lowest BCUT2D eigenvalue weighted by molar-refractivity contribution is 0.192. The summed E-state index contributed by atoms with van der Waals surface area (Å²) >= 11 is 0. The molecule has 0 saturated carbocycles. The molecule has 5 heteroatoms. The molecule has 0 radical (unpaired) electrons. The molecule has 88 valence electrons. The predicted molar refractivity (Wildman–Crippen MR) is 59.3 cm³/mol. The van der Waals surface area contributed by atoms with E-state index in [4.69, 9.17) is 4.74 Å². The number of rotatable bonds is 2. The Kier molecular flexibility index (Phi) is 2.88. The number of nitrogens with zero attached hydrogens (tertiary/aromatic N) is 3. The maximum Gasteiger partial charge on any atom is 0.138 e. The lowest BCUT2D eigenvalue weighted by Gasteiger charge is -2.25. The first-order chi connectivity index (χ1) is 7.95. The Hall–Kier alpha value is -0.940. The lowest BCUT2D eigenvalue weighted by Crippen LogP contribution is -2.32. The molecule has 0 amide bonds. The summed E-state index contributed by atoms with van der Waals surface area (Å²) in [7, 11) is 0. The molecule has 1 aromatic rings. The summed E-state index contributed by atoms with van der Waals surface area (Å²) in [5.74, 6) is 1.57. The third-order valence-electron chi connectivity index (χ3n) is 3.56. The summed E-state index contributed by atoms with van der Waals surface area (Å²) < 4.78 is 7.68. The van der Waals surface area contributed by atoms with Crippen LogP contribution in [-0.2, 0) is 4.74 Å². The van der Waals surface area contributed by atoms with E-state index in [0.29, 0.717) is 12.0 Å². The van der Waals surface area contributed by atoms with Crippen LogP contribution >= 0.6 is 0 Å². The Morgan fingerprint density at radius 3 is 3.19 bits per heavy atom. The minimum atomic E-state index is 0.449. The molecule has 0 bridgehead atoms. The molecule has 2 fully saturated rings. The Balaban J connectivity index is 1.80. The topological polar surface area (TPSA) is 52.0 Å². The number of hydrogen-bond donors (Lipinski definition) is 1. The molecule has 2 aliphatic heterocycles. The summed E-state index contributed by atoms with van der Waals surface area (Å²) in [5, 5.41) is 11.8. The standard InChI is InChI=1S/C11H18N4O/c1-2-10(6-12-4-1)15-8-13-14-11(15)9-3-5-16-7-9/h8-10,12H,1-7H2. The Bertz CT molecular complexity index is 340. The van der Waals surface area contributed by atoms with E-state index in [1.54, 1.807) is 0 Å². The highest BCUT2D eigenvalue weighted by atomic mass is 16.5. The molecule has 0 aliphatic carbocycles. The van der Waals surface area contributed by atoms with Crippen molar-refractivity contribution >= 4 is 0 Å². The van der Waals surface area contributed by atoms with Crippen LogP contribution in [0.5, 0.6) is 0 Å². The number of hydrogen-bond acceptors (Lipinski definition) is 4. The molecule has 1 N–H and O–H groups in total. The van der Waals surface area contributed by atoms with Gasteiger partial charge in [-0.3, -0.25) is 0 Å². The van der Waals surface area contributed by atoms with Gasteiger partial charge in [-0.1, -0.05) is 0 Å². The van der Waals surface area contributed by atoms with Crippen LogP contribution in [0, 0.1) is 0 Å². The van der Waals surface area contributed by atoms with Crippen molar-refractivity contribution in [3.63, 3.8) is 0 Å². The van der Waals surface area contributed by atoms with E-state index < -0.39 is 0 Å². The number of nitrogens with one attached hydrogen (secondary N) is 1. The van der Waals surface area contributed by atoms with Gasteiger partial charge in [0.1, 0.15) is 12.2 Å². The lowest BCUT2D eigenvalue weighted by atomic mass is 10.0. The van der Waals surface area contributed by atoms with Gasteiger partial charge in [0, 0.05) is 25.1 Å². The fraction of sp³-hybridized carbons (Fsp3) is 0.818. The van der Waals surface area contributed by atoms with Crippen molar-refractivity contribution in [2.75, 3.05) is 26.3 Å². The predicted octanol–water partition coefficient (Wildman–Crippen LogP) is 0.706. The quantitative estimate of drug-likeness (QED) is 0.800. The van der Waals surface area contributed by atoms with E-state index in [1.807, 2.05) is 6.33 Å². The van der Waals surface area contributed by atoms with Crippen molar-refractivity contribution in [1.82, 2.24) is 20.1 Å². The molecule has 2 saturated heterocycles. The normalized spacial score (nSPS) is 30.8. The van der Waals surface area contributed by atoms with Crippen LogP contribution in [0.1, 0.15) is 37.0 Å². The van der Waals surface area contributed by atoms with Gasteiger partial charge in [-0.05, 0) is 25.8 Å². The van der Waals surface area contributed by atoms with Crippen molar-refractivity contribution in [2.45, 2.75) is 31.2 Å². The first kappa shape index (κ1) is 10.2. The van der Waals surface area contributed by atoms with Crippen molar-refractivity contribution in [1.29, 1.82) is 0 Å². The molecule has 0 aromatic carbocycles. The zero-order valence-corrected chi connectivity index (χ0v) is 9.43. The van der Waals surface area contributed by atoms with Crippen molar-refractivity contribution in [3.05, 3.63) is 12.2 Å². The van der Waals surface area contributed by atoms with Gasteiger partial charge in [0.15, 0.2) is 0 Å². The van der Waals surface area contributed by atoms with Gasteiger partial charge in [0.2, 0.25) is 0 Å². The molecular formula is C11H18N4O. The van der Waals surface area contributed by atoms with Gasteiger partial charge >= 0.3 is 0 Å². The van der Waals surface area contributed by atoms with E-state index in [9.17, 15) is 0 Å². The van der Waals surface area contributed by atoms with Crippen LogP contribution < -0.4 is 5.32 Å². The first-order valence-corrected chi connectivity index (χ1v) is 6.13. The van der Waals surface area contributed by atoms with Crippen LogP contribution in [-0.4, -0.2) is 41.1 Å². The van der Waals surface area contributed by atoms with E-state index in [-0.39, 0.29) is 0 Å². The zero-order valence-electron chi connectivity index (χ0n) is 9.43. The molecule has 3 heterocycles. The van der Waals surface area contributed by atoms with Gasteiger partial charge in [-0.25, -0.2) is 0 Å². The third kappa shape index (κ3) is 1.85. The number of aromatic nitrogens is 3. The SMILES string of the molecule is c1nnc(C2CCOC2)n1C1CCCNC1. The van der Waals surface area contributed by atoms with E-state index in [2.05, 4.69) is 20.1 Å². The van der Waals surface area contributed by atoms with Crippen molar-refractivity contribution in [2.24, 2.45) is 0 Å². The van der Waals surface area contributed by atoms with Crippen LogP contribution in [0.15, 0.2) is 6.33 Å². The fourth-order valence-electron chi connectivity index (χ4n) is 2.63. The summed E-state index contributed by atoms with van der Waals surface area (Å²) in [4.78, 5) is 0. The Labute approximate surface area is 95.2 Å². The number of piperidine rings is 1. The largest absolute Gasteiger partial charge is 0.381 e. The highest BCUT2D eigenvalue weighted by Gasteiger charge is 2.26. The van der Waals surface area contributed by atoms with E-state index in [1.165, 1.54) is 12.8 Å². The fourth-order valence-corrected chi connectivity index (χ4v) is 2.63. The maximum absolute atomic E-state index is 5.43. The van der Waals surface area contributed by atoms with Crippen LogP contribution in [0.25, 0.3) is 0 Å². The molecule has 5 nitrogen and oxygen atoms in total. The Morgan fingerprint density at radius 1 is 1.44 bits per heavy atom. The average molecular weight is 222 g/mol. The molecule has 0 spiro atoms. The molecule has 16 heavy (non-hydrogen) atoms. The minimum Gasteiger partial charge on any atom is -0.381 e. The second-order valence-corrected chi connectivity index (χ2v) is 4.66. The summed E-state index contributed by atoms with van der Waals surface area (Å²) in [5.41, 5.74) is 0. The summed E-state index contributed by atoms with van der Waals surface area (Å²) in [6, 6.07) is 0.527. The van der Waals surface area contributed by atoms with Crippen LogP contribution in [0.2, 0.25) is 0 Å². The smallest absolute Gasteiger partial charge is 0.138 e. The van der Waals surface area contributed by atoms with E-state index in [0.717, 1.165) is 38.5 Å². The molecule has 3 rings (SSSR count). The van der Waals surface area contributed by atoms with Crippen LogP contribution in [0.4, 0.5) is 0 Å². The average Bonchev–Trinajstić information content (AvgIpc) is 3.01. The third-order valence-corrected chi connectivity index (χ3v) is 3.56. The van der Waals surface area contributed by atoms with Gasteiger partial charge in [0.25, 0.3) is 0 Å². The van der Waals surface area contributed by atoms with Crippen molar-refractivity contribution in [3.8, 4) is 0 Å². The van der Waals surface area contributed by atoms with Crippen molar-refractivity contribution < 1.29 is 4.74 Å². The van der Waals surface area contributed by atoms with Crippen LogP contribution in [0.3, 0.4) is 0 Å². The number of ether oxygens (including phenoxy) is 1. The van der Waals surface area contributed by atoms with Gasteiger partial charge < -0.3 is 14.6 Å². The molecule has 2 atom stereocenters. The molecule has 2 unspecified atom stereocenters. The summed E-state index contributed by atoms with van der Waals surface area (Å²) in [6.07, 6.45) is 5.43. The van der Waals surface area contributed by atoms with Gasteiger partial charge in [-0.2, -0.15) is 0 Å². The minimum absolute atomic E-state index is 0.449. The van der Waals surface area contributed by atoms with E-state index >= 15 is 0 Å². The highest BCUT2D eigenvalue weighted by Crippen LogP contribution is 2.27. The zero-order chi connectivity index (χ0) is 10.8. The highest BCUT2D eigenvalue weighted by molar-refractivity contribution is 5.01. The second-order valence-electron chi connectivity index (χ2n) is 4.66.